The van der Waals surface area contributed by atoms with Gasteiger partial charge in [-0.3, -0.25) is 19.2 Å². The molecule has 0 aliphatic heterocycles. The topological polar surface area (TPSA) is 149 Å². The van der Waals surface area contributed by atoms with E-state index in [9.17, 15) is 29.4 Å². The van der Waals surface area contributed by atoms with Gasteiger partial charge in [-0.1, -0.05) is 63.8 Å². The monoisotopic (exact) mass is 454 g/mol. The fourth-order valence-corrected chi connectivity index (χ4v) is 3.36. The highest BCUT2D eigenvalue weighted by Crippen LogP contribution is 2.21. The van der Waals surface area contributed by atoms with E-state index in [4.69, 9.17) is 10.2 Å². The molecule has 0 saturated carbocycles. The number of carboxylic acids is 4. The molecule has 4 unspecified atom stereocenters. The second kappa shape index (κ2) is 17.0. The van der Waals surface area contributed by atoms with Crippen LogP contribution in [0, 0.1) is 23.7 Å². The summed E-state index contributed by atoms with van der Waals surface area (Å²) in [5.74, 6) is -5.36. The van der Waals surface area contributed by atoms with Crippen molar-refractivity contribution in [3.63, 3.8) is 0 Å². The Hall–Kier alpha value is -2.64. The first-order valence-corrected chi connectivity index (χ1v) is 11.3. The first-order chi connectivity index (χ1) is 15.0. The van der Waals surface area contributed by atoms with Crippen molar-refractivity contribution >= 4 is 23.9 Å². The molecule has 0 aromatic rings. The van der Waals surface area contributed by atoms with E-state index < -0.39 is 35.7 Å². The predicted octanol–water partition coefficient (Wildman–Crippen LogP) is 4.84. The fourth-order valence-electron chi connectivity index (χ4n) is 3.36. The van der Waals surface area contributed by atoms with Crippen molar-refractivity contribution in [3.05, 3.63) is 24.3 Å². The maximum Gasteiger partial charge on any atom is 0.310 e. The molecule has 182 valence electrons. The van der Waals surface area contributed by atoms with Gasteiger partial charge >= 0.3 is 23.9 Å². The minimum Gasteiger partial charge on any atom is -0.481 e. The van der Waals surface area contributed by atoms with Crippen LogP contribution in [0.25, 0.3) is 0 Å². The molecule has 32 heavy (non-hydrogen) atoms. The minimum absolute atomic E-state index is 0.0675. The van der Waals surface area contributed by atoms with Gasteiger partial charge in [0.1, 0.15) is 0 Å². The highest BCUT2D eigenvalue weighted by molar-refractivity contribution is 5.73. The highest BCUT2D eigenvalue weighted by atomic mass is 16.4. The van der Waals surface area contributed by atoms with E-state index in [0.717, 1.165) is 19.3 Å². The van der Waals surface area contributed by atoms with Crippen molar-refractivity contribution in [2.75, 3.05) is 0 Å². The molecule has 8 nitrogen and oxygen atoms in total. The van der Waals surface area contributed by atoms with Gasteiger partial charge in [-0.2, -0.15) is 0 Å². The SMILES string of the molecule is CC(C=CC(C(=O)O)C(C)C=CC(CCCCCC(=O)O)C(=O)O)CCCCCC(=O)O. The molecule has 0 heterocycles. The second-order valence-electron chi connectivity index (χ2n) is 8.40. The van der Waals surface area contributed by atoms with Crippen molar-refractivity contribution in [1.29, 1.82) is 0 Å². The van der Waals surface area contributed by atoms with Crippen molar-refractivity contribution in [1.82, 2.24) is 0 Å². The molecule has 0 aromatic carbocycles. The lowest BCUT2D eigenvalue weighted by Gasteiger charge is -2.15. The smallest absolute Gasteiger partial charge is 0.310 e. The van der Waals surface area contributed by atoms with Crippen LogP contribution in [0.15, 0.2) is 24.3 Å². The van der Waals surface area contributed by atoms with Gasteiger partial charge in [-0.05, 0) is 37.5 Å². The molecule has 0 aliphatic rings. The zero-order valence-electron chi connectivity index (χ0n) is 19.1. The molecule has 0 saturated heterocycles. The van der Waals surface area contributed by atoms with E-state index in [-0.39, 0.29) is 24.7 Å². The average molecular weight is 455 g/mol. The van der Waals surface area contributed by atoms with Crippen LogP contribution in [0.1, 0.15) is 78.1 Å². The number of carbonyl (C=O) groups is 4. The van der Waals surface area contributed by atoms with Crippen molar-refractivity contribution < 1.29 is 39.6 Å². The summed E-state index contributed by atoms with van der Waals surface area (Å²) in [5.41, 5.74) is 0. The fraction of sp³-hybridized carbons (Fsp3) is 0.667. The zero-order chi connectivity index (χ0) is 24.5. The van der Waals surface area contributed by atoms with E-state index in [1.807, 2.05) is 13.0 Å². The van der Waals surface area contributed by atoms with E-state index in [2.05, 4.69) is 0 Å². The third-order valence-electron chi connectivity index (χ3n) is 5.42. The molecule has 0 bridgehead atoms. The molecule has 0 spiro atoms. The summed E-state index contributed by atoms with van der Waals surface area (Å²) in [6, 6.07) is 0. The van der Waals surface area contributed by atoms with Gasteiger partial charge in [-0.25, -0.2) is 0 Å². The first-order valence-electron chi connectivity index (χ1n) is 11.3. The van der Waals surface area contributed by atoms with E-state index in [1.54, 1.807) is 25.2 Å². The normalized spacial score (nSPS) is 15.4. The first kappa shape index (κ1) is 29.4. The Balaban J connectivity index is 4.68. The molecule has 0 aliphatic carbocycles. The van der Waals surface area contributed by atoms with E-state index >= 15 is 0 Å². The van der Waals surface area contributed by atoms with Gasteiger partial charge in [-0.15, -0.1) is 0 Å². The number of hydrogen-bond donors (Lipinski definition) is 4. The molecule has 0 rings (SSSR count). The van der Waals surface area contributed by atoms with E-state index in [1.165, 1.54) is 0 Å². The molecular weight excluding hydrogens is 416 g/mol. The van der Waals surface area contributed by atoms with Crippen LogP contribution < -0.4 is 0 Å². The molecule has 0 aromatic heterocycles. The molecule has 0 amide bonds. The number of hydrogen-bond acceptors (Lipinski definition) is 4. The largest absolute Gasteiger partial charge is 0.481 e. The summed E-state index contributed by atoms with van der Waals surface area (Å²) in [6.45, 7) is 3.72. The number of rotatable bonds is 19. The third kappa shape index (κ3) is 15.2. The molecular formula is C24H38O8. The van der Waals surface area contributed by atoms with Crippen LogP contribution in [0.3, 0.4) is 0 Å². The summed E-state index contributed by atoms with van der Waals surface area (Å²) >= 11 is 0. The van der Waals surface area contributed by atoms with Gasteiger partial charge in [0.25, 0.3) is 0 Å². The van der Waals surface area contributed by atoms with Crippen molar-refractivity contribution in [2.45, 2.75) is 78.1 Å². The van der Waals surface area contributed by atoms with Gasteiger partial charge in [0.15, 0.2) is 0 Å². The van der Waals surface area contributed by atoms with Crippen LogP contribution in [0.2, 0.25) is 0 Å². The lowest BCUT2D eigenvalue weighted by molar-refractivity contribution is -0.141. The van der Waals surface area contributed by atoms with Crippen molar-refractivity contribution in [2.24, 2.45) is 23.7 Å². The van der Waals surface area contributed by atoms with Crippen LogP contribution in [-0.4, -0.2) is 44.3 Å². The number of allylic oxidation sites excluding steroid dienone is 2. The lowest BCUT2D eigenvalue weighted by atomic mass is 9.89. The molecule has 4 atom stereocenters. The van der Waals surface area contributed by atoms with E-state index in [0.29, 0.717) is 32.1 Å². The van der Waals surface area contributed by atoms with Gasteiger partial charge in [0.05, 0.1) is 11.8 Å². The Kier molecular flexibility index (Phi) is 15.6. The quantitative estimate of drug-likeness (QED) is 0.160. The zero-order valence-corrected chi connectivity index (χ0v) is 19.1. The van der Waals surface area contributed by atoms with Crippen LogP contribution in [-0.2, 0) is 19.2 Å². The number of aliphatic carboxylic acids is 4. The molecule has 8 heteroatoms. The molecule has 4 N–H and O–H groups in total. The summed E-state index contributed by atoms with van der Waals surface area (Å²) in [6.07, 6.45) is 12.2. The third-order valence-corrected chi connectivity index (χ3v) is 5.42. The standard InChI is InChI=1S/C24H38O8/c1-17(9-5-3-7-11-21(25)26)13-16-20(24(31)32)18(2)14-15-19(23(29)30)10-6-4-8-12-22(27)28/h13-20H,3-12H2,1-2H3,(H,25,26)(H,27,28)(H,29,30)(H,31,32). The Bertz CT molecular complexity index is 652. The minimum atomic E-state index is -0.981. The molecule has 0 fully saturated rings. The van der Waals surface area contributed by atoms with Gasteiger partial charge in [0, 0.05) is 12.8 Å². The maximum absolute atomic E-state index is 11.7. The lowest BCUT2D eigenvalue weighted by Crippen LogP contribution is -2.19. The summed E-state index contributed by atoms with van der Waals surface area (Å²) in [5, 5.41) is 36.2. The highest BCUT2D eigenvalue weighted by Gasteiger charge is 2.21. The Morgan fingerprint density at radius 1 is 0.625 bits per heavy atom. The average Bonchev–Trinajstić information content (AvgIpc) is 2.68. The molecule has 0 radical (unpaired) electrons. The number of unbranched alkanes of at least 4 members (excludes halogenated alkanes) is 4. The second-order valence-corrected chi connectivity index (χ2v) is 8.40. The predicted molar refractivity (Wildman–Crippen MR) is 120 cm³/mol. The Labute approximate surface area is 190 Å². The summed E-state index contributed by atoms with van der Waals surface area (Å²) in [4.78, 5) is 44.2. The van der Waals surface area contributed by atoms with Crippen LogP contribution in [0.4, 0.5) is 0 Å². The van der Waals surface area contributed by atoms with Crippen LogP contribution in [0.5, 0.6) is 0 Å². The van der Waals surface area contributed by atoms with Crippen molar-refractivity contribution in [3.8, 4) is 0 Å². The summed E-state index contributed by atoms with van der Waals surface area (Å²) < 4.78 is 0. The Morgan fingerprint density at radius 3 is 1.62 bits per heavy atom. The van der Waals surface area contributed by atoms with Gasteiger partial charge in [0.2, 0.25) is 0 Å². The Morgan fingerprint density at radius 2 is 1.16 bits per heavy atom. The number of carboxylic acid groups (broad SMARTS) is 4. The maximum atomic E-state index is 11.7. The van der Waals surface area contributed by atoms with Crippen LogP contribution >= 0.6 is 0 Å². The van der Waals surface area contributed by atoms with Gasteiger partial charge < -0.3 is 20.4 Å². The summed E-state index contributed by atoms with van der Waals surface area (Å²) in [7, 11) is 0.